The first-order valence-electron chi connectivity index (χ1n) is 8.13. The number of fused-ring (bicyclic) bond motifs is 1. The first-order valence-corrected chi connectivity index (χ1v) is 8.13. The Morgan fingerprint density at radius 2 is 1.92 bits per heavy atom. The van der Waals surface area contributed by atoms with E-state index in [1.165, 1.54) is 12.1 Å². The van der Waals surface area contributed by atoms with E-state index in [0.717, 1.165) is 12.6 Å². The zero-order chi connectivity index (χ0) is 17.6. The van der Waals surface area contributed by atoms with Crippen LogP contribution in [0.4, 0.5) is 23.4 Å². The van der Waals surface area contributed by atoms with Crippen LogP contribution in [0.2, 0.25) is 0 Å². The van der Waals surface area contributed by atoms with E-state index in [-0.39, 0.29) is 23.2 Å². The number of halogens is 4. The quantitative estimate of drug-likeness (QED) is 0.659. The maximum atomic E-state index is 14.4. The van der Waals surface area contributed by atoms with Gasteiger partial charge in [-0.05, 0) is 37.1 Å². The van der Waals surface area contributed by atoms with Gasteiger partial charge in [0, 0.05) is 24.1 Å². The van der Waals surface area contributed by atoms with Crippen LogP contribution < -0.4 is 10.6 Å². The highest BCUT2D eigenvalue weighted by Gasteiger charge is 2.46. The predicted molar refractivity (Wildman–Crippen MR) is 84.1 cm³/mol. The second kappa shape index (κ2) is 6.25. The van der Waals surface area contributed by atoms with Crippen LogP contribution in [0.1, 0.15) is 6.42 Å². The van der Waals surface area contributed by atoms with Gasteiger partial charge in [-0.3, -0.25) is 0 Å². The maximum absolute atomic E-state index is 14.4. The van der Waals surface area contributed by atoms with Crippen LogP contribution in [-0.2, 0) is 0 Å². The van der Waals surface area contributed by atoms with Crippen LogP contribution in [-0.4, -0.2) is 35.5 Å². The summed E-state index contributed by atoms with van der Waals surface area (Å²) in [6, 6.07) is 3.88. The first kappa shape index (κ1) is 16.3. The third-order valence-electron chi connectivity index (χ3n) is 5.01. The molecule has 0 bridgehead atoms. The highest BCUT2D eigenvalue weighted by atomic mass is 19.2. The highest BCUT2D eigenvalue weighted by Crippen LogP contribution is 2.38. The zero-order valence-corrected chi connectivity index (χ0v) is 13.1. The van der Waals surface area contributed by atoms with Gasteiger partial charge in [-0.2, -0.15) is 0 Å². The van der Waals surface area contributed by atoms with Crippen molar-refractivity contribution in [3.63, 3.8) is 0 Å². The normalized spacial score (nSPS) is 28.2. The van der Waals surface area contributed by atoms with Gasteiger partial charge in [0.25, 0.3) is 0 Å². The molecule has 1 saturated heterocycles. The number of nitrogens with one attached hydrogen (secondary N) is 2. The predicted octanol–water partition coefficient (Wildman–Crippen LogP) is 2.92. The third kappa shape index (κ3) is 2.95. The van der Waals surface area contributed by atoms with Crippen molar-refractivity contribution in [2.24, 2.45) is 11.8 Å². The lowest BCUT2D eigenvalue weighted by molar-refractivity contribution is 0.249. The summed E-state index contributed by atoms with van der Waals surface area (Å²) in [4.78, 5) is 0. The van der Waals surface area contributed by atoms with Gasteiger partial charge >= 0.3 is 0 Å². The molecule has 4 nitrogen and oxygen atoms in total. The van der Waals surface area contributed by atoms with Gasteiger partial charge in [0.2, 0.25) is 0 Å². The molecule has 1 aliphatic heterocycles. The third-order valence-corrected chi connectivity index (χ3v) is 5.01. The van der Waals surface area contributed by atoms with Crippen molar-refractivity contribution in [3.05, 3.63) is 41.7 Å². The molecule has 25 heavy (non-hydrogen) atoms. The molecule has 0 unspecified atom stereocenters. The number of hydrogen-bond donors (Lipinski definition) is 2. The Bertz CT molecular complexity index is 783. The van der Waals surface area contributed by atoms with Crippen molar-refractivity contribution in [1.82, 2.24) is 15.5 Å². The summed E-state index contributed by atoms with van der Waals surface area (Å²) >= 11 is 0. The van der Waals surface area contributed by atoms with Crippen LogP contribution >= 0.6 is 0 Å². The van der Waals surface area contributed by atoms with Crippen LogP contribution in [0.3, 0.4) is 0 Å². The summed E-state index contributed by atoms with van der Waals surface area (Å²) in [7, 11) is 0. The van der Waals surface area contributed by atoms with Crippen molar-refractivity contribution in [2.75, 3.05) is 18.4 Å². The van der Waals surface area contributed by atoms with E-state index in [1.54, 1.807) is 0 Å². The van der Waals surface area contributed by atoms with E-state index in [0.29, 0.717) is 30.8 Å². The molecule has 2 heterocycles. The smallest absolute Gasteiger partial charge is 0.168 e. The summed E-state index contributed by atoms with van der Waals surface area (Å²) in [6.45, 7) is 1.50. The molecule has 2 N–H and O–H groups in total. The molecule has 2 aromatic rings. The Balaban J connectivity index is 1.51. The Kier molecular flexibility index (Phi) is 4.07. The topological polar surface area (TPSA) is 49.8 Å². The summed E-state index contributed by atoms with van der Waals surface area (Å²) < 4.78 is 54.8. The minimum absolute atomic E-state index is 0.00531. The average molecular weight is 352 g/mol. The van der Waals surface area contributed by atoms with E-state index in [2.05, 4.69) is 20.8 Å². The van der Waals surface area contributed by atoms with Crippen molar-refractivity contribution >= 4 is 5.82 Å². The highest BCUT2D eigenvalue weighted by molar-refractivity contribution is 5.60. The number of benzene rings is 1. The minimum atomic E-state index is -1.29. The van der Waals surface area contributed by atoms with Gasteiger partial charge in [-0.15, -0.1) is 10.2 Å². The number of rotatable bonds is 3. The summed E-state index contributed by atoms with van der Waals surface area (Å²) in [5.74, 6) is -2.70. The van der Waals surface area contributed by atoms with Crippen molar-refractivity contribution in [3.8, 4) is 11.3 Å². The number of hydrogen-bond acceptors (Lipinski definition) is 4. The van der Waals surface area contributed by atoms with Gasteiger partial charge in [0.1, 0.15) is 17.8 Å². The van der Waals surface area contributed by atoms with Gasteiger partial charge in [-0.1, -0.05) is 0 Å². The van der Waals surface area contributed by atoms with Crippen LogP contribution in [0.25, 0.3) is 11.3 Å². The van der Waals surface area contributed by atoms with E-state index in [1.807, 2.05) is 0 Å². The van der Waals surface area contributed by atoms with E-state index in [9.17, 15) is 17.6 Å². The Hall–Kier alpha value is -2.22. The van der Waals surface area contributed by atoms with Gasteiger partial charge < -0.3 is 10.6 Å². The zero-order valence-electron chi connectivity index (χ0n) is 13.1. The Labute approximate surface area is 141 Å². The Morgan fingerprint density at radius 3 is 2.64 bits per heavy atom. The van der Waals surface area contributed by atoms with Crippen molar-refractivity contribution in [1.29, 1.82) is 0 Å². The maximum Gasteiger partial charge on any atom is 0.168 e. The molecule has 1 aliphatic carbocycles. The molecule has 0 amide bonds. The lowest BCUT2D eigenvalue weighted by Crippen LogP contribution is -2.31. The SMILES string of the molecule is Fc1cc(F)c(F)c(-c2ccc(N[C@H]3C[C@@H]4CNC[C@@H]4[C@H]3F)nn2)c1. The lowest BCUT2D eigenvalue weighted by atomic mass is 10.0. The van der Waals surface area contributed by atoms with E-state index < -0.39 is 23.6 Å². The van der Waals surface area contributed by atoms with E-state index >= 15 is 0 Å². The molecule has 4 rings (SSSR count). The van der Waals surface area contributed by atoms with Crippen LogP contribution in [0, 0.1) is 29.3 Å². The molecule has 0 radical (unpaired) electrons. The molecule has 4 atom stereocenters. The van der Waals surface area contributed by atoms with Crippen molar-refractivity contribution < 1.29 is 17.6 Å². The fourth-order valence-corrected chi connectivity index (χ4v) is 3.76. The largest absolute Gasteiger partial charge is 0.363 e. The Morgan fingerprint density at radius 1 is 1.08 bits per heavy atom. The number of nitrogens with zero attached hydrogens (tertiary/aromatic N) is 2. The number of aromatic nitrogens is 2. The van der Waals surface area contributed by atoms with Crippen LogP contribution in [0.15, 0.2) is 24.3 Å². The fraction of sp³-hybridized carbons (Fsp3) is 0.412. The minimum Gasteiger partial charge on any atom is -0.363 e. The lowest BCUT2D eigenvalue weighted by Gasteiger charge is -2.18. The number of anilines is 1. The molecule has 8 heteroatoms. The molecular weight excluding hydrogens is 336 g/mol. The second-order valence-corrected chi connectivity index (χ2v) is 6.57. The molecule has 0 spiro atoms. The first-order chi connectivity index (χ1) is 12.0. The van der Waals surface area contributed by atoms with Gasteiger partial charge in [-0.25, -0.2) is 17.6 Å². The van der Waals surface area contributed by atoms with Crippen LogP contribution in [0.5, 0.6) is 0 Å². The summed E-state index contributed by atoms with van der Waals surface area (Å²) in [5.41, 5.74) is -0.299. The monoisotopic (exact) mass is 352 g/mol. The standard InChI is InChI=1S/C17H16F4N4/c18-9-4-10(16(20)12(19)5-9)13-1-2-15(25-24-13)23-14-3-8-6-22-7-11(8)17(14)21/h1-2,4-5,8,11,14,17,22H,3,6-7H2,(H,23,25)/t8-,11+,14+,17-/m1/s1. The molecule has 2 fully saturated rings. The summed E-state index contributed by atoms with van der Waals surface area (Å²) in [5, 5.41) is 13.9. The molecule has 132 valence electrons. The van der Waals surface area contributed by atoms with Crippen molar-refractivity contribution in [2.45, 2.75) is 18.6 Å². The molecule has 2 aliphatic rings. The molecular formula is C17H16F4N4. The van der Waals surface area contributed by atoms with Gasteiger partial charge in [0.15, 0.2) is 11.6 Å². The average Bonchev–Trinajstić information content (AvgIpc) is 3.16. The molecule has 1 aromatic carbocycles. The second-order valence-electron chi connectivity index (χ2n) is 6.57. The van der Waals surface area contributed by atoms with E-state index in [4.69, 9.17) is 0 Å². The summed E-state index contributed by atoms with van der Waals surface area (Å²) in [6.07, 6.45) is -0.275. The van der Waals surface area contributed by atoms with Gasteiger partial charge in [0.05, 0.1) is 11.7 Å². The molecule has 1 saturated carbocycles. The fourth-order valence-electron chi connectivity index (χ4n) is 3.76. The number of alkyl halides is 1. The molecule has 1 aromatic heterocycles.